The lowest BCUT2D eigenvalue weighted by Crippen LogP contribution is -2.54. The number of hydrogen-bond acceptors (Lipinski definition) is 6. The molecular weight excluding hydrogens is 596 g/mol. The number of carbonyl (C=O) groups excluding carboxylic acids is 3. The van der Waals surface area contributed by atoms with Crippen LogP contribution in [0.5, 0.6) is 17.2 Å². The largest absolute Gasteiger partial charge is 0.497 e. The van der Waals surface area contributed by atoms with Gasteiger partial charge in [0.15, 0.2) is 11.5 Å². The fourth-order valence-corrected chi connectivity index (χ4v) is 4.33. The molecule has 1 aliphatic heterocycles. The summed E-state index contributed by atoms with van der Waals surface area (Å²) in [5.74, 6) is -0.105. The molecule has 0 saturated carbocycles. The maximum absolute atomic E-state index is 13.2. The summed E-state index contributed by atoms with van der Waals surface area (Å²) in [6.45, 7) is 0.308. The number of nitrogens with one attached hydrogen (secondary N) is 1. The molecule has 184 valence electrons. The smallest absolute Gasteiger partial charge is 0.335 e. The van der Waals surface area contributed by atoms with Crippen LogP contribution in [0.3, 0.4) is 0 Å². The van der Waals surface area contributed by atoms with Gasteiger partial charge in [0.2, 0.25) is 0 Å². The molecule has 0 bridgehead atoms. The van der Waals surface area contributed by atoms with Crippen molar-refractivity contribution in [1.29, 1.82) is 0 Å². The Kier molecular flexibility index (Phi) is 7.76. The van der Waals surface area contributed by atoms with Gasteiger partial charge in [0.25, 0.3) is 11.8 Å². The molecule has 1 heterocycles. The van der Waals surface area contributed by atoms with Crippen LogP contribution in [0.25, 0.3) is 6.08 Å². The summed E-state index contributed by atoms with van der Waals surface area (Å²) >= 11 is 6.89. The topological polar surface area (TPSA) is 94.2 Å². The Bertz CT molecular complexity index is 1350. The van der Waals surface area contributed by atoms with Crippen LogP contribution < -0.4 is 24.4 Å². The number of benzene rings is 3. The summed E-state index contributed by atoms with van der Waals surface area (Å²) < 4.78 is 18.1. The Labute approximate surface area is 224 Å². The fourth-order valence-electron chi connectivity index (χ4n) is 3.49. The first-order valence-corrected chi connectivity index (χ1v) is 12.2. The molecule has 1 fully saturated rings. The maximum atomic E-state index is 13.2. The van der Waals surface area contributed by atoms with E-state index in [0.29, 0.717) is 39.6 Å². The normalized spacial score (nSPS) is 14.6. The van der Waals surface area contributed by atoms with Gasteiger partial charge < -0.3 is 14.2 Å². The van der Waals surface area contributed by atoms with Crippen molar-refractivity contribution in [2.75, 3.05) is 19.1 Å². The van der Waals surface area contributed by atoms with E-state index in [0.717, 1.165) is 14.9 Å². The lowest BCUT2D eigenvalue weighted by atomic mass is 10.1. The first-order valence-electron chi connectivity index (χ1n) is 10.6. The SMILES string of the molecule is COc1ccc(N2C(=O)NC(=O)/C(=C\c3cc(Br)c(OCc4ccc(Br)cc4)c(OC)c3)C2=O)cc1. The summed E-state index contributed by atoms with van der Waals surface area (Å²) in [7, 11) is 3.00. The third-order valence-electron chi connectivity index (χ3n) is 5.29. The lowest BCUT2D eigenvalue weighted by molar-refractivity contribution is -0.122. The molecule has 8 nitrogen and oxygen atoms in total. The van der Waals surface area contributed by atoms with Crippen LogP contribution in [-0.4, -0.2) is 32.1 Å². The third kappa shape index (κ3) is 5.44. The number of nitrogens with zero attached hydrogens (tertiary/aromatic N) is 1. The summed E-state index contributed by atoms with van der Waals surface area (Å²) in [5.41, 5.74) is 1.55. The quantitative estimate of drug-likeness (QED) is 0.280. The number of methoxy groups -OCH3 is 2. The van der Waals surface area contributed by atoms with Gasteiger partial charge in [0.1, 0.15) is 17.9 Å². The van der Waals surface area contributed by atoms with Gasteiger partial charge in [-0.2, -0.15) is 0 Å². The van der Waals surface area contributed by atoms with Crippen molar-refractivity contribution in [1.82, 2.24) is 5.32 Å². The second-order valence-electron chi connectivity index (χ2n) is 7.61. The number of ether oxygens (including phenoxy) is 3. The highest BCUT2D eigenvalue weighted by Crippen LogP contribution is 2.38. The second kappa shape index (κ2) is 11.0. The number of halogens is 2. The molecule has 0 aliphatic carbocycles. The highest BCUT2D eigenvalue weighted by molar-refractivity contribution is 9.10. The monoisotopic (exact) mass is 614 g/mol. The standard InChI is InChI=1S/C26H20Br2N2O6/c1-34-19-9-7-18(8-10-19)30-25(32)20(24(31)29-26(30)33)11-16-12-21(28)23(22(13-16)35-2)36-14-15-3-5-17(27)6-4-15/h3-13H,14H2,1-2H3,(H,29,31,33)/b20-11+. The predicted molar refractivity (Wildman–Crippen MR) is 141 cm³/mol. The minimum absolute atomic E-state index is 0.206. The Morgan fingerprint density at radius 1 is 0.917 bits per heavy atom. The van der Waals surface area contributed by atoms with Crippen LogP contribution in [0.15, 0.2) is 75.2 Å². The molecule has 0 spiro atoms. The van der Waals surface area contributed by atoms with Gasteiger partial charge in [0.05, 0.1) is 24.4 Å². The van der Waals surface area contributed by atoms with Crippen molar-refractivity contribution in [3.63, 3.8) is 0 Å². The minimum atomic E-state index is -0.831. The van der Waals surface area contributed by atoms with E-state index in [-0.39, 0.29) is 5.57 Å². The van der Waals surface area contributed by atoms with Crippen molar-refractivity contribution in [3.05, 3.63) is 86.3 Å². The number of imide groups is 2. The van der Waals surface area contributed by atoms with Gasteiger partial charge in [-0.1, -0.05) is 28.1 Å². The Morgan fingerprint density at radius 3 is 2.25 bits per heavy atom. The van der Waals surface area contributed by atoms with Crippen LogP contribution >= 0.6 is 31.9 Å². The van der Waals surface area contributed by atoms with Gasteiger partial charge in [-0.05, 0) is 81.7 Å². The Balaban J connectivity index is 1.62. The van der Waals surface area contributed by atoms with Crippen molar-refractivity contribution < 1.29 is 28.6 Å². The van der Waals surface area contributed by atoms with E-state index in [1.165, 1.54) is 20.3 Å². The van der Waals surface area contributed by atoms with Crippen LogP contribution in [0.4, 0.5) is 10.5 Å². The highest BCUT2D eigenvalue weighted by atomic mass is 79.9. The number of anilines is 1. The number of amides is 4. The zero-order valence-corrected chi connectivity index (χ0v) is 22.4. The van der Waals surface area contributed by atoms with Gasteiger partial charge in [-0.15, -0.1) is 0 Å². The first kappa shape index (κ1) is 25.5. The van der Waals surface area contributed by atoms with Crippen LogP contribution in [0.2, 0.25) is 0 Å². The molecular formula is C26H20Br2N2O6. The summed E-state index contributed by atoms with van der Waals surface area (Å²) in [4.78, 5) is 39.1. The third-order valence-corrected chi connectivity index (χ3v) is 6.41. The molecule has 36 heavy (non-hydrogen) atoms. The molecule has 0 radical (unpaired) electrons. The maximum Gasteiger partial charge on any atom is 0.335 e. The van der Waals surface area contributed by atoms with E-state index in [1.807, 2.05) is 24.3 Å². The van der Waals surface area contributed by atoms with E-state index >= 15 is 0 Å². The van der Waals surface area contributed by atoms with E-state index in [2.05, 4.69) is 37.2 Å². The molecule has 4 rings (SSSR count). The zero-order chi connectivity index (χ0) is 25.8. The average Bonchev–Trinajstić information content (AvgIpc) is 2.87. The van der Waals surface area contributed by atoms with Crippen molar-refractivity contribution in [2.24, 2.45) is 0 Å². The highest BCUT2D eigenvalue weighted by Gasteiger charge is 2.36. The van der Waals surface area contributed by atoms with Crippen LogP contribution in [0, 0.1) is 0 Å². The van der Waals surface area contributed by atoms with Crippen molar-refractivity contribution in [3.8, 4) is 17.2 Å². The predicted octanol–water partition coefficient (Wildman–Crippen LogP) is 5.47. The number of carbonyl (C=O) groups is 3. The number of rotatable bonds is 7. The molecule has 0 aromatic heterocycles. The van der Waals surface area contributed by atoms with E-state index < -0.39 is 17.8 Å². The number of urea groups is 1. The summed E-state index contributed by atoms with van der Waals surface area (Å²) in [5, 5.41) is 2.21. The lowest BCUT2D eigenvalue weighted by Gasteiger charge is -2.26. The Morgan fingerprint density at radius 2 is 1.61 bits per heavy atom. The van der Waals surface area contributed by atoms with Gasteiger partial charge in [-0.25, -0.2) is 9.69 Å². The molecule has 4 amide bonds. The summed E-state index contributed by atoms with van der Waals surface area (Å²) in [6.07, 6.45) is 1.40. The average molecular weight is 616 g/mol. The molecule has 1 N–H and O–H groups in total. The van der Waals surface area contributed by atoms with Crippen LogP contribution in [0.1, 0.15) is 11.1 Å². The van der Waals surface area contributed by atoms with Gasteiger partial charge in [-0.3, -0.25) is 14.9 Å². The van der Waals surface area contributed by atoms with E-state index in [1.54, 1.807) is 36.4 Å². The molecule has 1 saturated heterocycles. The molecule has 3 aromatic carbocycles. The first-order chi connectivity index (χ1) is 17.3. The Hall–Kier alpha value is -3.63. The van der Waals surface area contributed by atoms with Gasteiger partial charge in [0, 0.05) is 4.47 Å². The van der Waals surface area contributed by atoms with E-state index in [9.17, 15) is 14.4 Å². The molecule has 0 unspecified atom stereocenters. The molecule has 10 heteroatoms. The zero-order valence-electron chi connectivity index (χ0n) is 19.2. The summed E-state index contributed by atoms with van der Waals surface area (Å²) in [6, 6.07) is 16.6. The van der Waals surface area contributed by atoms with Crippen molar-refractivity contribution >= 4 is 61.5 Å². The fraction of sp³-hybridized carbons (Fsp3) is 0.115. The number of hydrogen-bond donors (Lipinski definition) is 1. The molecule has 1 aliphatic rings. The van der Waals surface area contributed by atoms with Crippen LogP contribution in [-0.2, 0) is 16.2 Å². The second-order valence-corrected chi connectivity index (χ2v) is 9.38. The minimum Gasteiger partial charge on any atom is -0.497 e. The van der Waals surface area contributed by atoms with Gasteiger partial charge >= 0.3 is 6.03 Å². The molecule has 0 atom stereocenters. The number of barbiturate groups is 1. The van der Waals surface area contributed by atoms with E-state index in [4.69, 9.17) is 14.2 Å². The van der Waals surface area contributed by atoms with Crippen molar-refractivity contribution in [2.45, 2.75) is 6.61 Å². The molecule has 3 aromatic rings.